The molecule has 0 spiro atoms. The molecule has 1 heterocycles. The van der Waals surface area contributed by atoms with Crippen molar-refractivity contribution in [1.82, 2.24) is 9.78 Å². The fraction of sp³-hybridized carbons (Fsp3) is 0.188. The zero-order chi connectivity index (χ0) is 13.1. The Hall–Kier alpha value is -1.64. The summed E-state index contributed by atoms with van der Waals surface area (Å²) >= 11 is 0. The molecular weight excluding hydrogens is 428 g/mol. The molecule has 0 saturated heterocycles. The third-order valence-corrected chi connectivity index (χ3v) is 2.94. The second-order valence-electron chi connectivity index (χ2n) is 4.37. The van der Waals surface area contributed by atoms with Gasteiger partial charge in [0, 0.05) is 38.2 Å². The SMILES string of the molecule is CCCOc1[c-]c(-n2cccn2)c2ccccc2c1.[Ir]. The first-order valence-electron chi connectivity index (χ1n) is 6.46. The number of rotatable bonds is 4. The molecule has 105 valence electrons. The van der Waals surface area contributed by atoms with Crippen LogP contribution in [0.2, 0.25) is 0 Å². The van der Waals surface area contributed by atoms with E-state index in [9.17, 15) is 0 Å². The van der Waals surface area contributed by atoms with Crippen LogP contribution in [0, 0.1) is 6.07 Å². The molecule has 3 aromatic rings. The minimum Gasteiger partial charge on any atom is -0.519 e. The molecule has 0 saturated carbocycles. The molecule has 3 rings (SSSR count). The van der Waals surface area contributed by atoms with Gasteiger partial charge in [0.1, 0.15) is 0 Å². The van der Waals surface area contributed by atoms with Crippen molar-refractivity contribution >= 4 is 10.8 Å². The Bertz CT molecular complexity index is 680. The van der Waals surface area contributed by atoms with Gasteiger partial charge in [-0.15, -0.1) is 29.0 Å². The van der Waals surface area contributed by atoms with Crippen LogP contribution in [0.1, 0.15) is 13.3 Å². The van der Waals surface area contributed by atoms with Crippen LogP contribution in [0.4, 0.5) is 0 Å². The molecule has 0 aliphatic carbocycles. The van der Waals surface area contributed by atoms with Crippen LogP contribution < -0.4 is 4.74 Å². The minimum atomic E-state index is 0. The number of nitrogens with zero attached hydrogens (tertiary/aromatic N) is 2. The van der Waals surface area contributed by atoms with Crippen LogP contribution in [-0.2, 0) is 20.1 Å². The molecular formula is C16H15IrN2O-. The monoisotopic (exact) mass is 444 g/mol. The summed E-state index contributed by atoms with van der Waals surface area (Å²) in [6.45, 7) is 2.79. The van der Waals surface area contributed by atoms with E-state index < -0.39 is 0 Å². The second-order valence-corrected chi connectivity index (χ2v) is 4.37. The Labute approximate surface area is 131 Å². The molecule has 0 unspecified atom stereocenters. The van der Waals surface area contributed by atoms with Crippen molar-refractivity contribution in [3.05, 3.63) is 54.9 Å². The third-order valence-electron chi connectivity index (χ3n) is 2.94. The quantitative estimate of drug-likeness (QED) is 0.576. The molecule has 1 radical (unpaired) electrons. The van der Waals surface area contributed by atoms with Crippen molar-refractivity contribution < 1.29 is 24.8 Å². The zero-order valence-corrected chi connectivity index (χ0v) is 13.6. The van der Waals surface area contributed by atoms with E-state index in [0.717, 1.165) is 28.6 Å². The minimum absolute atomic E-state index is 0. The molecule has 0 aliphatic heterocycles. The molecule has 1 aromatic heterocycles. The first-order chi connectivity index (χ1) is 9.38. The van der Waals surface area contributed by atoms with Crippen molar-refractivity contribution in [3.8, 4) is 11.4 Å². The van der Waals surface area contributed by atoms with Gasteiger partial charge in [-0.2, -0.15) is 5.10 Å². The van der Waals surface area contributed by atoms with Crippen LogP contribution in [0.15, 0.2) is 48.8 Å². The maximum atomic E-state index is 5.71. The Balaban J connectivity index is 0.00000147. The molecule has 0 aliphatic rings. The fourth-order valence-corrected chi connectivity index (χ4v) is 2.07. The molecule has 0 amide bonds. The summed E-state index contributed by atoms with van der Waals surface area (Å²) in [6, 6.07) is 15.4. The van der Waals surface area contributed by atoms with E-state index in [0.29, 0.717) is 6.61 Å². The van der Waals surface area contributed by atoms with Crippen LogP contribution in [0.25, 0.3) is 16.5 Å². The van der Waals surface area contributed by atoms with Gasteiger partial charge in [0.2, 0.25) is 0 Å². The predicted molar refractivity (Wildman–Crippen MR) is 75.7 cm³/mol. The van der Waals surface area contributed by atoms with Gasteiger partial charge in [0.15, 0.2) is 0 Å². The first-order valence-corrected chi connectivity index (χ1v) is 6.46. The Morgan fingerprint density at radius 2 is 2.10 bits per heavy atom. The smallest absolute Gasteiger partial charge is 0.0847 e. The molecule has 4 heteroatoms. The van der Waals surface area contributed by atoms with E-state index in [1.165, 1.54) is 0 Å². The number of hydrogen-bond donors (Lipinski definition) is 0. The van der Waals surface area contributed by atoms with Gasteiger partial charge in [0.25, 0.3) is 0 Å². The fourth-order valence-electron chi connectivity index (χ4n) is 2.07. The molecule has 0 bridgehead atoms. The number of hydrogen-bond acceptors (Lipinski definition) is 2. The van der Waals surface area contributed by atoms with E-state index in [1.807, 2.05) is 35.1 Å². The van der Waals surface area contributed by atoms with Crippen molar-refractivity contribution in [2.24, 2.45) is 0 Å². The number of aromatic nitrogens is 2. The zero-order valence-electron chi connectivity index (χ0n) is 11.2. The van der Waals surface area contributed by atoms with E-state index in [4.69, 9.17) is 4.74 Å². The molecule has 0 atom stereocenters. The average molecular weight is 444 g/mol. The molecule has 0 N–H and O–H groups in total. The summed E-state index contributed by atoms with van der Waals surface area (Å²) in [5.41, 5.74) is 0.925. The molecule has 2 aromatic carbocycles. The van der Waals surface area contributed by atoms with Gasteiger partial charge < -0.3 is 4.74 Å². The number of ether oxygens (including phenoxy) is 1. The summed E-state index contributed by atoms with van der Waals surface area (Å²) in [7, 11) is 0. The topological polar surface area (TPSA) is 27.1 Å². The average Bonchev–Trinajstić information content (AvgIpc) is 2.98. The van der Waals surface area contributed by atoms with Crippen molar-refractivity contribution in [2.45, 2.75) is 13.3 Å². The van der Waals surface area contributed by atoms with Gasteiger partial charge in [-0.1, -0.05) is 25.1 Å². The second kappa shape index (κ2) is 6.69. The maximum Gasteiger partial charge on any atom is 0.0847 e. The molecule has 0 fully saturated rings. The summed E-state index contributed by atoms with van der Waals surface area (Å²) in [4.78, 5) is 0. The van der Waals surface area contributed by atoms with Gasteiger partial charge in [-0.05, 0) is 18.2 Å². The Kier molecular flexibility index (Phi) is 4.94. The van der Waals surface area contributed by atoms with E-state index in [1.54, 1.807) is 6.20 Å². The molecule has 20 heavy (non-hydrogen) atoms. The standard InChI is InChI=1S/C16H15N2O.Ir/c1-2-10-19-14-11-13-6-3-4-7-15(13)16(12-14)18-9-5-8-17-18;/h3-9,11H,2,10H2,1H3;/q-1;. The number of benzene rings is 2. The van der Waals surface area contributed by atoms with Gasteiger partial charge in [0.05, 0.1) is 6.61 Å². The van der Waals surface area contributed by atoms with Crippen LogP contribution in [0.5, 0.6) is 5.75 Å². The number of fused-ring (bicyclic) bond motifs is 1. The van der Waals surface area contributed by atoms with Gasteiger partial charge >= 0.3 is 0 Å². The Morgan fingerprint density at radius 1 is 1.25 bits per heavy atom. The molecule has 3 nitrogen and oxygen atoms in total. The summed E-state index contributed by atoms with van der Waals surface area (Å²) in [5, 5.41) is 6.55. The third kappa shape index (κ3) is 2.92. The Morgan fingerprint density at radius 3 is 2.85 bits per heavy atom. The van der Waals surface area contributed by atoms with Crippen molar-refractivity contribution in [3.63, 3.8) is 0 Å². The maximum absolute atomic E-state index is 5.71. The van der Waals surface area contributed by atoms with Crippen LogP contribution >= 0.6 is 0 Å². The van der Waals surface area contributed by atoms with Gasteiger partial charge in [-0.25, -0.2) is 0 Å². The van der Waals surface area contributed by atoms with Crippen LogP contribution in [0.3, 0.4) is 0 Å². The normalized spacial score (nSPS) is 10.2. The summed E-state index contributed by atoms with van der Waals surface area (Å²) < 4.78 is 7.53. The van der Waals surface area contributed by atoms with E-state index in [-0.39, 0.29) is 20.1 Å². The van der Waals surface area contributed by atoms with Crippen LogP contribution in [-0.4, -0.2) is 16.4 Å². The largest absolute Gasteiger partial charge is 0.519 e. The predicted octanol–water partition coefficient (Wildman–Crippen LogP) is 3.61. The van der Waals surface area contributed by atoms with E-state index >= 15 is 0 Å². The first kappa shape index (κ1) is 14.8. The van der Waals surface area contributed by atoms with Crippen molar-refractivity contribution in [2.75, 3.05) is 6.61 Å². The summed E-state index contributed by atoms with van der Waals surface area (Å²) in [6.07, 6.45) is 4.67. The van der Waals surface area contributed by atoms with E-state index in [2.05, 4.69) is 30.2 Å². The van der Waals surface area contributed by atoms with Gasteiger partial charge in [-0.3, -0.25) is 4.68 Å². The summed E-state index contributed by atoms with van der Waals surface area (Å²) in [5.74, 6) is 0.769. The van der Waals surface area contributed by atoms with Crippen molar-refractivity contribution in [1.29, 1.82) is 0 Å².